The van der Waals surface area contributed by atoms with Crippen LogP contribution in [0.3, 0.4) is 0 Å². The van der Waals surface area contributed by atoms with Crippen molar-refractivity contribution >= 4 is 28.4 Å². The second-order valence-corrected chi connectivity index (χ2v) is 10.3. The summed E-state index contributed by atoms with van der Waals surface area (Å²) in [6, 6.07) is 13.3. The molecule has 0 bridgehead atoms. The quantitative estimate of drug-likeness (QED) is 0.356. The number of hydrogen-bond donors (Lipinski definition) is 1. The largest absolute Gasteiger partial charge is 0.493 e. The van der Waals surface area contributed by atoms with Crippen molar-refractivity contribution in [2.45, 2.75) is 25.7 Å². The molecule has 2 fully saturated rings. The maximum Gasteiger partial charge on any atom is 0.321 e. The van der Waals surface area contributed by atoms with E-state index in [9.17, 15) is 4.79 Å². The fourth-order valence-corrected chi connectivity index (χ4v) is 5.23. The third kappa shape index (κ3) is 7.51. The number of benzene rings is 2. The fraction of sp³-hybridized carbons (Fsp3) is 0.500. The van der Waals surface area contributed by atoms with Crippen molar-refractivity contribution in [1.29, 1.82) is 0 Å². The molecule has 214 valence electrons. The minimum absolute atomic E-state index is 0.109. The first-order valence-electron chi connectivity index (χ1n) is 14.3. The molecule has 10 heteroatoms. The number of carbonyl (C=O) groups excluding carboxylic acids is 1. The Kier molecular flexibility index (Phi) is 9.87. The number of piperidine rings is 1. The Morgan fingerprint density at radius 2 is 1.60 bits per heavy atom. The summed E-state index contributed by atoms with van der Waals surface area (Å²) >= 11 is 0. The number of fused-ring (bicyclic) bond motifs is 1. The highest BCUT2D eigenvalue weighted by atomic mass is 16.5. The number of piperazine rings is 1. The lowest BCUT2D eigenvalue weighted by Gasteiger charge is -2.35. The highest BCUT2D eigenvalue weighted by Gasteiger charge is 2.23. The van der Waals surface area contributed by atoms with Crippen LogP contribution in [0.1, 0.15) is 25.7 Å². The van der Waals surface area contributed by atoms with Crippen LogP contribution in [0.2, 0.25) is 0 Å². The first kappa shape index (κ1) is 27.9. The molecule has 5 rings (SSSR count). The van der Waals surface area contributed by atoms with Crippen molar-refractivity contribution in [3.63, 3.8) is 0 Å². The summed E-state index contributed by atoms with van der Waals surface area (Å²) in [5.74, 6) is 2.48. The van der Waals surface area contributed by atoms with E-state index in [0.717, 1.165) is 46.9 Å². The highest BCUT2D eigenvalue weighted by Crippen LogP contribution is 2.27. The number of anilines is 2. The number of amides is 2. The molecule has 2 aliphatic heterocycles. The van der Waals surface area contributed by atoms with Gasteiger partial charge in [-0.15, -0.1) is 0 Å². The topological polar surface area (TPSA) is 92.3 Å². The number of nitrogens with one attached hydrogen (secondary N) is 1. The number of methoxy groups -OCH3 is 1. The molecule has 0 unspecified atom stereocenters. The van der Waals surface area contributed by atoms with Crippen molar-refractivity contribution in [2.24, 2.45) is 0 Å². The molecular formula is C30H40N6O4. The molecule has 0 atom stereocenters. The SMILES string of the molecule is COCCOc1ccc(NC(=O)N2CCN(c3ncnc4cc(OCCCN5CCCCC5)ccc34)CC2)cc1. The summed E-state index contributed by atoms with van der Waals surface area (Å²) in [5.41, 5.74) is 1.60. The summed E-state index contributed by atoms with van der Waals surface area (Å²) in [4.78, 5) is 28.5. The average Bonchev–Trinajstić information content (AvgIpc) is 3.00. The number of hydrogen-bond acceptors (Lipinski definition) is 8. The van der Waals surface area contributed by atoms with Crippen LogP contribution in [0.5, 0.6) is 11.5 Å². The molecule has 3 heterocycles. The van der Waals surface area contributed by atoms with Crippen molar-refractivity contribution in [1.82, 2.24) is 19.8 Å². The van der Waals surface area contributed by atoms with Crippen molar-refractivity contribution in [3.8, 4) is 11.5 Å². The van der Waals surface area contributed by atoms with Gasteiger partial charge in [0.1, 0.15) is 30.3 Å². The van der Waals surface area contributed by atoms with Crippen LogP contribution in [0.15, 0.2) is 48.8 Å². The Morgan fingerprint density at radius 3 is 2.38 bits per heavy atom. The van der Waals surface area contributed by atoms with Crippen LogP contribution in [-0.4, -0.2) is 98.5 Å². The van der Waals surface area contributed by atoms with Crippen molar-refractivity contribution in [2.75, 3.05) is 83.0 Å². The normalized spacial score (nSPS) is 16.2. The van der Waals surface area contributed by atoms with Crippen LogP contribution in [0, 0.1) is 0 Å². The number of aromatic nitrogens is 2. The van der Waals surface area contributed by atoms with Gasteiger partial charge in [-0.3, -0.25) is 0 Å². The first-order chi connectivity index (χ1) is 19.7. The van der Waals surface area contributed by atoms with Crippen molar-refractivity contribution < 1.29 is 19.0 Å². The van der Waals surface area contributed by atoms with Gasteiger partial charge in [0.25, 0.3) is 0 Å². The summed E-state index contributed by atoms with van der Waals surface area (Å²) in [5, 5.41) is 3.98. The number of ether oxygens (including phenoxy) is 3. The third-order valence-electron chi connectivity index (χ3n) is 7.45. The summed E-state index contributed by atoms with van der Waals surface area (Å²) in [6.07, 6.45) is 6.63. The molecule has 2 amide bonds. The van der Waals surface area contributed by atoms with Gasteiger partial charge in [0.2, 0.25) is 0 Å². The van der Waals surface area contributed by atoms with Gasteiger partial charge in [0, 0.05) is 57.0 Å². The molecule has 2 aromatic carbocycles. The summed E-state index contributed by atoms with van der Waals surface area (Å²) in [7, 11) is 1.64. The molecule has 0 saturated carbocycles. The summed E-state index contributed by atoms with van der Waals surface area (Å²) in [6.45, 7) is 7.85. The smallest absolute Gasteiger partial charge is 0.321 e. The molecule has 0 aliphatic carbocycles. The molecule has 0 radical (unpaired) electrons. The van der Waals surface area contributed by atoms with Gasteiger partial charge in [-0.2, -0.15) is 0 Å². The standard InChI is InChI=1S/C30H40N6O4/c1-38-20-21-40-25-8-6-24(7-9-25)33-30(37)36-17-15-35(16-18-36)29-27-11-10-26(22-28(27)31-23-32-29)39-19-5-14-34-12-3-2-4-13-34/h6-11,22-23H,2-5,12-21H2,1H3,(H,33,37). The zero-order valence-corrected chi connectivity index (χ0v) is 23.4. The van der Waals surface area contributed by atoms with E-state index in [1.807, 2.05) is 47.4 Å². The number of carbonyl (C=O) groups is 1. The van der Waals surface area contributed by atoms with E-state index in [1.54, 1.807) is 13.4 Å². The zero-order valence-electron chi connectivity index (χ0n) is 23.4. The number of likely N-dealkylation sites (tertiary alicyclic amines) is 1. The van der Waals surface area contributed by atoms with Crippen LogP contribution < -0.4 is 19.7 Å². The molecule has 3 aromatic rings. The van der Waals surface area contributed by atoms with E-state index in [1.165, 1.54) is 32.4 Å². The van der Waals surface area contributed by atoms with Crippen LogP contribution in [0.4, 0.5) is 16.3 Å². The Labute approximate surface area is 236 Å². The maximum atomic E-state index is 12.9. The zero-order chi connectivity index (χ0) is 27.6. The highest BCUT2D eigenvalue weighted by molar-refractivity contribution is 5.91. The predicted octanol–water partition coefficient (Wildman–Crippen LogP) is 4.26. The molecule has 1 aromatic heterocycles. The van der Waals surface area contributed by atoms with Gasteiger partial charge < -0.3 is 34.2 Å². The first-order valence-corrected chi connectivity index (χ1v) is 14.3. The molecular weight excluding hydrogens is 508 g/mol. The monoisotopic (exact) mass is 548 g/mol. The predicted molar refractivity (Wildman–Crippen MR) is 157 cm³/mol. The molecule has 1 N–H and O–H groups in total. The molecule has 10 nitrogen and oxygen atoms in total. The lowest BCUT2D eigenvalue weighted by molar-refractivity contribution is 0.146. The molecule has 40 heavy (non-hydrogen) atoms. The van der Waals surface area contributed by atoms with Gasteiger partial charge in [-0.25, -0.2) is 14.8 Å². The van der Waals surface area contributed by atoms with Gasteiger partial charge in [-0.05, 0) is 68.8 Å². The van der Waals surface area contributed by atoms with E-state index in [4.69, 9.17) is 14.2 Å². The van der Waals surface area contributed by atoms with Crippen molar-refractivity contribution in [3.05, 3.63) is 48.8 Å². The minimum Gasteiger partial charge on any atom is -0.493 e. The van der Waals surface area contributed by atoms with E-state index in [0.29, 0.717) is 46.0 Å². The van der Waals surface area contributed by atoms with Gasteiger partial charge in [0.15, 0.2) is 0 Å². The number of nitrogens with zero attached hydrogens (tertiary/aromatic N) is 5. The second kappa shape index (κ2) is 14.1. The Balaban J connectivity index is 1.10. The number of rotatable bonds is 11. The second-order valence-electron chi connectivity index (χ2n) is 10.3. The molecule has 0 spiro atoms. The average molecular weight is 549 g/mol. The van der Waals surface area contributed by atoms with Crippen LogP contribution >= 0.6 is 0 Å². The Morgan fingerprint density at radius 1 is 0.850 bits per heavy atom. The molecule has 2 aliphatic rings. The Hall–Kier alpha value is -3.63. The third-order valence-corrected chi connectivity index (χ3v) is 7.45. The minimum atomic E-state index is -0.109. The van der Waals surface area contributed by atoms with E-state index >= 15 is 0 Å². The lowest BCUT2D eigenvalue weighted by Crippen LogP contribution is -2.50. The molecule has 2 saturated heterocycles. The fourth-order valence-electron chi connectivity index (χ4n) is 5.23. The lowest BCUT2D eigenvalue weighted by atomic mass is 10.1. The maximum absolute atomic E-state index is 12.9. The summed E-state index contributed by atoms with van der Waals surface area (Å²) < 4.78 is 16.6. The van der Waals surface area contributed by atoms with E-state index in [-0.39, 0.29) is 6.03 Å². The van der Waals surface area contributed by atoms with Crippen LogP contribution in [0.25, 0.3) is 10.9 Å². The van der Waals surface area contributed by atoms with Gasteiger partial charge in [-0.1, -0.05) is 6.42 Å². The van der Waals surface area contributed by atoms with E-state index in [2.05, 4.69) is 25.1 Å². The Bertz CT molecular complexity index is 1230. The van der Waals surface area contributed by atoms with Gasteiger partial charge >= 0.3 is 6.03 Å². The number of urea groups is 1. The van der Waals surface area contributed by atoms with E-state index < -0.39 is 0 Å². The van der Waals surface area contributed by atoms with Crippen LogP contribution in [-0.2, 0) is 4.74 Å². The van der Waals surface area contributed by atoms with Gasteiger partial charge in [0.05, 0.1) is 18.7 Å².